The summed E-state index contributed by atoms with van der Waals surface area (Å²) in [7, 11) is 2.96. The lowest BCUT2D eigenvalue weighted by molar-refractivity contribution is -0.109. The Morgan fingerprint density at radius 1 is 1.05 bits per heavy atom. The van der Waals surface area contributed by atoms with Crippen molar-refractivity contribution < 1.29 is 19.1 Å². The molecule has 0 amide bonds. The fraction of sp³-hybridized carbons (Fsp3) is 0.222. The summed E-state index contributed by atoms with van der Waals surface area (Å²) in [6, 6.07) is 14.5. The molecule has 0 unspecified atom stereocenters. The third kappa shape index (κ3) is 3.73. The maximum absolute atomic E-state index is 11.4. The molecular formula is C18H18O4. The van der Waals surface area contributed by atoms with Gasteiger partial charge in [0.15, 0.2) is 0 Å². The molecule has 0 aliphatic rings. The minimum Gasteiger partial charge on any atom is -0.497 e. The minimum atomic E-state index is -0.385. The van der Waals surface area contributed by atoms with E-state index in [0.717, 1.165) is 23.2 Å². The molecule has 0 aliphatic heterocycles. The molecule has 22 heavy (non-hydrogen) atoms. The Balaban J connectivity index is 2.13. The lowest BCUT2D eigenvalue weighted by Gasteiger charge is -2.12. The number of aldehydes is 1. The molecule has 0 aliphatic carbocycles. The fourth-order valence-electron chi connectivity index (χ4n) is 2.24. The van der Waals surface area contributed by atoms with Crippen LogP contribution < -0.4 is 4.74 Å². The zero-order valence-electron chi connectivity index (χ0n) is 12.6. The van der Waals surface area contributed by atoms with Crippen molar-refractivity contribution in [2.24, 2.45) is 0 Å². The number of carbonyl (C=O) groups is 2. The molecule has 0 fully saturated rings. The average molecular weight is 298 g/mol. The highest BCUT2D eigenvalue weighted by Crippen LogP contribution is 2.21. The summed E-state index contributed by atoms with van der Waals surface area (Å²) >= 11 is 0. The van der Waals surface area contributed by atoms with E-state index in [-0.39, 0.29) is 11.9 Å². The van der Waals surface area contributed by atoms with E-state index in [2.05, 4.69) is 4.74 Å². The first kappa shape index (κ1) is 15.8. The molecule has 4 heteroatoms. The number of ether oxygens (including phenoxy) is 2. The van der Waals surface area contributed by atoms with Gasteiger partial charge in [0.2, 0.25) is 0 Å². The summed E-state index contributed by atoms with van der Waals surface area (Å²) in [5.74, 6) is 0.151. The van der Waals surface area contributed by atoms with Crippen molar-refractivity contribution in [1.29, 1.82) is 0 Å². The van der Waals surface area contributed by atoms with Crippen LogP contribution in [0.3, 0.4) is 0 Å². The predicted octanol–water partition coefficient (Wildman–Crippen LogP) is 3.01. The molecular weight excluding hydrogens is 280 g/mol. The summed E-state index contributed by atoms with van der Waals surface area (Å²) in [6.07, 6.45) is 1.53. The van der Waals surface area contributed by atoms with Crippen molar-refractivity contribution in [2.45, 2.75) is 12.3 Å². The Hall–Kier alpha value is -2.62. The molecule has 0 bridgehead atoms. The lowest BCUT2D eigenvalue weighted by Crippen LogP contribution is -2.06. The highest BCUT2D eigenvalue weighted by atomic mass is 16.5. The van der Waals surface area contributed by atoms with Crippen molar-refractivity contribution in [1.82, 2.24) is 0 Å². The van der Waals surface area contributed by atoms with Crippen LogP contribution in [0.25, 0.3) is 0 Å². The van der Waals surface area contributed by atoms with Gasteiger partial charge in [-0.3, -0.25) is 0 Å². The number of rotatable bonds is 6. The highest BCUT2D eigenvalue weighted by molar-refractivity contribution is 5.89. The van der Waals surface area contributed by atoms with Crippen LogP contribution in [-0.2, 0) is 16.0 Å². The molecule has 2 aromatic rings. The van der Waals surface area contributed by atoms with E-state index in [1.807, 2.05) is 24.3 Å². The Labute approximate surface area is 129 Å². The van der Waals surface area contributed by atoms with Crippen LogP contribution in [0.2, 0.25) is 0 Å². The topological polar surface area (TPSA) is 52.6 Å². The highest BCUT2D eigenvalue weighted by Gasteiger charge is 2.13. The van der Waals surface area contributed by atoms with Gasteiger partial charge in [-0.25, -0.2) is 4.79 Å². The zero-order chi connectivity index (χ0) is 15.9. The first-order valence-corrected chi connectivity index (χ1v) is 6.94. The van der Waals surface area contributed by atoms with Crippen LogP contribution in [0.15, 0.2) is 48.5 Å². The first-order chi connectivity index (χ1) is 10.7. The van der Waals surface area contributed by atoms with Crippen LogP contribution in [-0.4, -0.2) is 26.5 Å². The van der Waals surface area contributed by atoms with Gasteiger partial charge in [-0.05, 0) is 41.8 Å². The van der Waals surface area contributed by atoms with Crippen molar-refractivity contribution in [3.63, 3.8) is 0 Å². The second-order valence-corrected chi connectivity index (χ2v) is 4.91. The van der Waals surface area contributed by atoms with Gasteiger partial charge in [0.05, 0.1) is 19.8 Å². The van der Waals surface area contributed by atoms with E-state index in [9.17, 15) is 9.59 Å². The maximum atomic E-state index is 11.4. The Kier molecular flexibility index (Phi) is 5.31. The molecule has 4 nitrogen and oxygen atoms in total. The number of carbonyl (C=O) groups excluding carboxylic acids is 2. The largest absolute Gasteiger partial charge is 0.497 e. The van der Waals surface area contributed by atoms with E-state index < -0.39 is 0 Å². The van der Waals surface area contributed by atoms with Crippen molar-refractivity contribution in [3.8, 4) is 5.75 Å². The molecule has 0 saturated carbocycles. The van der Waals surface area contributed by atoms with E-state index in [4.69, 9.17) is 4.74 Å². The number of hydrogen-bond donors (Lipinski definition) is 0. The van der Waals surface area contributed by atoms with Gasteiger partial charge in [0.1, 0.15) is 12.0 Å². The van der Waals surface area contributed by atoms with E-state index in [1.54, 1.807) is 31.4 Å². The molecule has 1 atom stereocenters. The van der Waals surface area contributed by atoms with Crippen molar-refractivity contribution in [3.05, 3.63) is 65.2 Å². The molecule has 114 valence electrons. The summed E-state index contributed by atoms with van der Waals surface area (Å²) in [6.45, 7) is 0. The second-order valence-electron chi connectivity index (χ2n) is 4.91. The maximum Gasteiger partial charge on any atom is 0.337 e. The van der Waals surface area contributed by atoms with Gasteiger partial charge in [0.25, 0.3) is 0 Å². The number of hydrogen-bond acceptors (Lipinski definition) is 4. The van der Waals surface area contributed by atoms with E-state index in [1.165, 1.54) is 7.11 Å². The van der Waals surface area contributed by atoms with Crippen molar-refractivity contribution >= 4 is 12.3 Å². The third-order valence-electron chi connectivity index (χ3n) is 3.54. The van der Waals surface area contributed by atoms with Gasteiger partial charge in [-0.15, -0.1) is 0 Å². The van der Waals surface area contributed by atoms with Crippen LogP contribution in [0.4, 0.5) is 0 Å². The minimum absolute atomic E-state index is 0.250. The Bertz CT molecular complexity index is 629. The van der Waals surface area contributed by atoms with Gasteiger partial charge < -0.3 is 14.3 Å². The van der Waals surface area contributed by atoms with Crippen LogP contribution in [0, 0.1) is 0 Å². The zero-order valence-corrected chi connectivity index (χ0v) is 12.6. The molecule has 0 N–H and O–H groups in total. The van der Waals surface area contributed by atoms with Crippen LogP contribution in [0.1, 0.15) is 27.4 Å². The van der Waals surface area contributed by atoms with Gasteiger partial charge in [0, 0.05) is 5.92 Å². The quantitative estimate of drug-likeness (QED) is 0.607. The van der Waals surface area contributed by atoms with Crippen LogP contribution in [0.5, 0.6) is 5.75 Å². The second kappa shape index (κ2) is 7.41. The average Bonchev–Trinajstić information content (AvgIpc) is 2.59. The van der Waals surface area contributed by atoms with Gasteiger partial charge >= 0.3 is 5.97 Å². The third-order valence-corrected chi connectivity index (χ3v) is 3.54. The normalized spacial score (nSPS) is 11.5. The predicted molar refractivity (Wildman–Crippen MR) is 83.3 cm³/mol. The molecule has 0 radical (unpaired) electrons. The molecule has 0 heterocycles. The monoisotopic (exact) mass is 298 g/mol. The SMILES string of the molecule is COC(=O)c1ccc([C@H](C=O)Cc2ccc(OC)cc2)cc1. The molecule has 0 saturated heterocycles. The van der Waals surface area contributed by atoms with Gasteiger partial charge in [-0.1, -0.05) is 24.3 Å². The number of methoxy groups -OCH3 is 2. The molecule has 2 aromatic carbocycles. The van der Waals surface area contributed by atoms with E-state index >= 15 is 0 Å². The smallest absolute Gasteiger partial charge is 0.337 e. The Morgan fingerprint density at radius 2 is 1.68 bits per heavy atom. The number of benzene rings is 2. The van der Waals surface area contributed by atoms with E-state index in [0.29, 0.717) is 12.0 Å². The Morgan fingerprint density at radius 3 is 2.18 bits per heavy atom. The summed E-state index contributed by atoms with van der Waals surface area (Å²) in [4.78, 5) is 22.8. The molecule has 0 spiro atoms. The van der Waals surface area contributed by atoms with Crippen LogP contribution >= 0.6 is 0 Å². The summed E-state index contributed by atoms with van der Waals surface area (Å²) in [5.41, 5.74) is 2.40. The molecule has 0 aromatic heterocycles. The standard InChI is InChI=1S/C18H18O4/c1-21-17-9-3-13(4-10-17)11-16(12-19)14-5-7-15(8-6-14)18(20)22-2/h3-10,12,16H,11H2,1-2H3/t16-/m0/s1. The molecule has 2 rings (SSSR count). The fourth-order valence-corrected chi connectivity index (χ4v) is 2.24. The summed E-state index contributed by atoms with van der Waals surface area (Å²) < 4.78 is 9.78. The first-order valence-electron chi connectivity index (χ1n) is 6.94. The van der Waals surface area contributed by atoms with Gasteiger partial charge in [-0.2, -0.15) is 0 Å². The lowest BCUT2D eigenvalue weighted by atomic mass is 9.92. The number of esters is 1. The summed E-state index contributed by atoms with van der Waals surface area (Å²) in [5, 5.41) is 0. The van der Waals surface area contributed by atoms with Crippen molar-refractivity contribution in [2.75, 3.05) is 14.2 Å².